The van der Waals surface area contributed by atoms with Gasteiger partial charge in [0.25, 0.3) is 0 Å². The lowest BCUT2D eigenvalue weighted by atomic mass is 10.2. The second-order valence-electron chi connectivity index (χ2n) is 4.11. The number of halogens is 1. The van der Waals surface area contributed by atoms with Crippen LogP contribution in [0.15, 0.2) is 41.0 Å². The lowest BCUT2D eigenvalue weighted by Crippen LogP contribution is -1.95. The van der Waals surface area contributed by atoms with Crippen LogP contribution >= 0.6 is 15.9 Å². The summed E-state index contributed by atoms with van der Waals surface area (Å²) in [4.78, 5) is 4.13. The zero-order valence-electron chi connectivity index (χ0n) is 10.2. The molecule has 0 aliphatic carbocycles. The van der Waals surface area contributed by atoms with Gasteiger partial charge in [-0.15, -0.1) is 0 Å². The average Bonchev–Trinajstić information content (AvgIpc) is 2.34. The van der Waals surface area contributed by atoms with Gasteiger partial charge in [0, 0.05) is 4.47 Å². The van der Waals surface area contributed by atoms with Crippen molar-refractivity contribution in [3.05, 3.63) is 52.3 Å². The smallest absolute Gasteiger partial charge is 0.145 e. The number of pyridine rings is 1. The van der Waals surface area contributed by atoms with Crippen molar-refractivity contribution in [2.75, 3.05) is 0 Å². The first kappa shape index (κ1) is 13.1. The number of aliphatic hydroxyl groups is 1. The Morgan fingerprint density at radius 1 is 1.22 bits per heavy atom. The van der Waals surface area contributed by atoms with Gasteiger partial charge in [-0.1, -0.05) is 15.9 Å². The van der Waals surface area contributed by atoms with Crippen molar-refractivity contribution in [1.29, 1.82) is 0 Å². The number of benzene rings is 1. The second kappa shape index (κ2) is 5.50. The van der Waals surface area contributed by atoms with Crippen LogP contribution in [0.3, 0.4) is 0 Å². The molecule has 1 heterocycles. The molecule has 2 aromatic rings. The predicted molar refractivity (Wildman–Crippen MR) is 73.8 cm³/mol. The molecule has 18 heavy (non-hydrogen) atoms. The fourth-order valence-corrected chi connectivity index (χ4v) is 1.76. The van der Waals surface area contributed by atoms with E-state index in [4.69, 9.17) is 4.74 Å². The average molecular weight is 308 g/mol. The molecule has 0 bridgehead atoms. The van der Waals surface area contributed by atoms with Crippen LogP contribution in [0.4, 0.5) is 0 Å². The maximum Gasteiger partial charge on any atom is 0.145 e. The number of hydrogen-bond acceptors (Lipinski definition) is 3. The normalized spacial score (nSPS) is 12.2. The molecule has 0 aliphatic heterocycles. The molecule has 1 aromatic heterocycles. The highest BCUT2D eigenvalue weighted by Crippen LogP contribution is 2.26. The Morgan fingerprint density at radius 3 is 2.50 bits per heavy atom. The van der Waals surface area contributed by atoms with Crippen molar-refractivity contribution in [2.45, 2.75) is 20.0 Å². The number of aromatic nitrogens is 1. The Kier molecular flexibility index (Phi) is 3.99. The van der Waals surface area contributed by atoms with E-state index in [-0.39, 0.29) is 0 Å². The topological polar surface area (TPSA) is 42.4 Å². The van der Waals surface area contributed by atoms with E-state index in [1.54, 1.807) is 25.3 Å². The van der Waals surface area contributed by atoms with Gasteiger partial charge < -0.3 is 9.84 Å². The summed E-state index contributed by atoms with van der Waals surface area (Å²) in [6.45, 7) is 3.69. The SMILES string of the molecule is Cc1cc(Oc2ccc([C@H](C)O)nc2)ccc1Br. The maximum atomic E-state index is 9.36. The fourth-order valence-electron chi connectivity index (χ4n) is 1.52. The van der Waals surface area contributed by atoms with Crippen LogP contribution in [-0.2, 0) is 0 Å². The summed E-state index contributed by atoms with van der Waals surface area (Å²) in [5.41, 5.74) is 1.75. The zero-order chi connectivity index (χ0) is 13.1. The summed E-state index contributed by atoms with van der Waals surface area (Å²) in [5.74, 6) is 1.42. The minimum Gasteiger partial charge on any atom is -0.456 e. The van der Waals surface area contributed by atoms with Gasteiger partial charge in [0.1, 0.15) is 11.5 Å². The predicted octanol–water partition coefficient (Wildman–Crippen LogP) is 4.00. The summed E-state index contributed by atoms with van der Waals surface area (Å²) < 4.78 is 6.74. The molecule has 4 heteroatoms. The van der Waals surface area contributed by atoms with Crippen LogP contribution in [0.2, 0.25) is 0 Å². The van der Waals surface area contributed by atoms with E-state index in [1.807, 2.05) is 25.1 Å². The van der Waals surface area contributed by atoms with E-state index in [1.165, 1.54) is 0 Å². The standard InChI is InChI=1S/C14H14BrNO2/c1-9-7-11(3-5-13(9)15)18-12-4-6-14(10(2)17)16-8-12/h3-8,10,17H,1-2H3/t10-/m0/s1. The van der Waals surface area contributed by atoms with E-state index in [2.05, 4.69) is 20.9 Å². The number of ether oxygens (including phenoxy) is 1. The fraction of sp³-hybridized carbons (Fsp3) is 0.214. The molecule has 0 amide bonds. The molecule has 94 valence electrons. The van der Waals surface area contributed by atoms with Gasteiger partial charge in [-0.3, -0.25) is 4.98 Å². The molecule has 0 fully saturated rings. The van der Waals surface area contributed by atoms with Gasteiger partial charge in [-0.25, -0.2) is 0 Å². The van der Waals surface area contributed by atoms with Crippen molar-refractivity contribution in [3.8, 4) is 11.5 Å². The van der Waals surface area contributed by atoms with E-state index < -0.39 is 6.10 Å². The molecule has 0 radical (unpaired) electrons. The van der Waals surface area contributed by atoms with Crippen molar-refractivity contribution in [3.63, 3.8) is 0 Å². The lowest BCUT2D eigenvalue weighted by Gasteiger charge is -2.08. The maximum absolute atomic E-state index is 9.36. The third kappa shape index (κ3) is 3.09. The van der Waals surface area contributed by atoms with Crippen molar-refractivity contribution in [1.82, 2.24) is 4.98 Å². The molecule has 0 unspecified atom stereocenters. The lowest BCUT2D eigenvalue weighted by molar-refractivity contribution is 0.194. The summed E-state index contributed by atoms with van der Waals surface area (Å²) in [5, 5.41) is 9.36. The first-order chi connectivity index (χ1) is 8.56. The van der Waals surface area contributed by atoms with Gasteiger partial charge in [-0.2, -0.15) is 0 Å². The third-order valence-electron chi connectivity index (χ3n) is 2.55. The molecule has 0 aliphatic rings. The molecule has 0 spiro atoms. The van der Waals surface area contributed by atoms with E-state index in [0.29, 0.717) is 11.4 Å². The summed E-state index contributed by atoms with van der Waals surface area (Å²) in [6.07, 6.45) is 1.05. The molecule has 1 aromatic carbocycles. The Labute approximate surface area is 115 Å². The van der Waals surface area contributed by atoms with Gasteiger partial charge >= 0.3 is 0 Å². The monoisotopic (exact) mass is 307 g/mol. The largest absolute Gasteiger partial charge is 0.456 e. The number of aryl methyl sites for hydroxylation is 1. The van der Waals surface area contributed by atoms with Crippen LogP contribution in [0.5, 0.6) is 11.5 Å². The molecule has 1 N–H and O–H groups in total. The van der Waals surface area contributed by atoms with Crippen molar-refractivity contribution in [2.24, 2.45) is 0 Å². The van der Waals surface area contributed by atoms with Crippen molar-refractivity contribution < 1.29 is 9.84 Å². The molecular weight excluding hydrogens is 294 g/mol. The molecule has 0 saturated heterocycles. The van der Waals surface area contributed by atoms with Crippen LogP contribution in [0.25, 0.3) is 0 Å². The summed E-state index contributed by atoms with van der Waals surface area (Å²) in [7, 11) is 0. The number of rotatable bonds is 3. The Hall–Kier alpha value is -1.39. The molecular formula is C14H14BrNO2. The minimum absolute atomic E-state index is 0.561. The van der Waals surface area contributed by atoms with Crippen LogP contribution in [0, 0.1) is 6.92 Å². The van der Waals surface area contributed by atoms with Crippen LogP contribution in [0.1, 0.15) is 24.3 Å². The van der Waals surface area contributed by atoms with Crippen LogP contribution in [-0.4, -0.2) is 10.1 Å². The summed E-state index contributed by atoms with van der Waals surface area (Å²) >= 11 is 3.44. The van der Waals surface area contributed by atoms with Gasteiger partial charge in [0.05, 0.1) is 18.0 Å². The van der Waals surface area contributed by atoms with E-state index >= 15 is 0 Å². The summed E-state index contributed by atoms with van der Waals surface area (Å²) in [6, 6.07) is 9.34. The molecule has 0 saturated carbocycles. The van der Waals surface area contributed by atoms with Gasteiger partial charge in [0.2, 0.25) is 0 Å². The molecule has 3 nitrogen and oxygen atoms in total. The minimum atomic E-state index is -0.561. The number of aliphatic hydroxyl groups excluding tert-OH is 1. The number of hydrogen-bond donors (Lipinski definition) is 1. The molecule has 2 rings (SSSR count). The van der Waals surface area contributed by atoms with Crippen LogP contribution < -0.4 is 4.74 Å². The highest BCUT2D eigenvalue weighted by Gasteiger charge is 2.04. The zero-order valence-corrected chi connectivity index (χ0v) is 11.8. The highest BCUT2D eigenvalue weighted by atomic mass is 79.9. The third-order valence-corrected chi connectivity index (χ3v) is 3.44. The Balaban J connectivity index is 2.15. The van der Waals surface area contributed by atoms with Gasteiger partial charge in [-0.05, 0) is 49.7 Å². The van der Waals surface area contributed by atoms with E-state index in [0.717, 1.165) is 15.8 Å². The Bertz CT molecular complexity index is 538. The Morgan fingerprint density at radius 2 is 1.94 bits per heavy atom. The van der Waals surface area contributed by atoms with E-state index in [9.17, 15) is 5.11 Å². The van der Waals surface area contributed by atoms with Gasteiger partial charge in [0.15, 0.2) is 0 Å². The van der Waals surface area contributed by atoms with Crippen molar-refractivity contribution >= 4 is 15.9 Å². The molecule has 1 atom stereocenters. The highest BCUT2D eigenvalue weighted by molar-refractivity contribution is 9.10. The first-order valence-electron chi connectivity index (χ1n) is 5.64. The number of nitrogens with zero attached hydrogens (tertiary/aromatic N) is 1. The first-order valence-corrected chi connectivity index (χ1v) is 6.43. The second-order valence-corrected chi connectivity index (χ2v) is 4.96. The quantitative estimate of drug-likeness (QED) is 0.932.